The molecular formula is C16H18N3O4+. The SMILES string of the molecule is COc1ccc(NC(=O)C[n+]2cccc(C(N)=O)c2)cc1OC. The maximum atomic E-state index is 12.1. The Labute approximate surface area is 133 Å². The van der Waals surface area contributed by atoms with Crippen molar-refractivity contribution in [1.29, 1.82) is 0 Å². The molecule has 7 heteroatoms. The van der Waals surface area contributed by atoms with Gasteiger partial charge in [-0.05, 0) is 18.2 Å². The number of anilines is 1. The molecule has 0 atom stereocenters. The Morgan fingerprint density at radius 3 is 2.57 bits per heavy atom. The van der Waals surface area contributed by atoms with E-state index in [2.05, 4.69) is 5.32 Å². The highest BCUT2D eigenvalue weighted by Crippen LogP contribution is 2.29. The number of amides is 2. The zero-order valence-electron chi connectivity index (χ0n) is 12.9. The van der Waals surface area contributed by atoms with E-state index in [0.29, 0.717) is 22.7 Å². The van der Waals surface area contributed by atoms with Gasteiger partial charge in [0.05, 0.1) is 14.2 Å². The summed E-state index contributed by atoms with van der Waals surface area (Å²) >= 11 is 0. The molecule has 1 aromatic carbocycles. The van der Waals surface area contributed by atoms with Crippen molar-refractivity contribution in [3.63, 3.8) is 0 Å². The third-order valence-corrected chi connectivity index (χ3v) is 3.14. The van der Waals surface area contributed by atoms with Gasteiger partial charge in [0.15, 0.2) is 23.9 Å². The molecule has 0 aliphatic heterocycles. The second-order valence-electron chi connectivity index (χ2n) is 4.75. The summed E-state index contributed by atoms with van der Waals surface area (Å²) in [6, 6.07) is 8.33. The molecule has 0 aliphatic carbocycles. The van der Waals surface area contributed by atoms with Crippen molar-refractivity contribution in [2.45, 2.75) is 6.54 Å². The minimum absolute atomic E-state index is 0.0511. The Hall–Kier alpha value is -3.09. The highest BCUT2D eigenvalue weighted by atomic mass is 16.5. The molecule has 0 spiro atoms. The van der Waals surface area contributed by atoms with Crippen LogP contribution in [0.5, 0.6) is 11.5 Å². The first-order chi connectivity index (χ1) is 11.0. The summed E-state index contributed by atoms with van der Waals surface area (Å²) in [5.74, 6) is 0.311. The summed E-state index contributed by atoms with van der Waals surface area (Å²) in [6.45, 7) is 0.0511. The lowest BCUT2D eigenvalue weighted by Gasteiger charge is -2.09. The number of pyridine rings is 1. The quantitative estimate of drug-likeness (QED) is 0.768. The molecule has 0 saturated carbocycles. The van der Waals surface area contributed by atoms with Gasteiger partial charge in [-0.15, -0.1) is 0 Å². The number of rotatable bonds is 6. The van der Waals surface area contributed by atoms with Crippen LogP contribution in [0, 0.1) is 0 Å². The van der Waals surface area contributed by atoms with E-state index in [0.717, 1.165) is 0 Å². The first-order valence-electron chi connectivity index (χ1n) is 6.84. The molecule has 7 nitrogen and oxygen atoms in total. The monoisotopic (exact) mass is 316 g/mol. The van der Waals surface area contributed by atoms with Crippen LogP contribution in [0.15, 0.2) is 42.7 Å². The number of nitrogens with zero attached hydrogens (tertiary/aromatic N) is 1. The fourth-order valence-electron chi connectivity index (χ4n) is 2.05. The number of methoxy groups -OCH3 is 2. The van der Waals surface area contributed by atoms with E-state index in [1.54, 1.807) is 48.2 Å². The van der Waals surface area contributed by atoms with E-state index in [1.165, 1.54) is 13.3 Å². The Bertz CT molecular complexity index is 731. The van der Waals surface area contributed by atoms with E-state index in [-0.39, 0.29) is 12.5 Å². The maximum absolute atomic E-state index is 12.1. The van der Waals surface area contributed by atoms with Crippen molar-refractivity contribution in [3.8, 4) is 11.5 Å². The van der Waals surface area contributed by atoms with Gasteiger partial charge < -0.3 is 20.5 Å². The van der Waals surface area contributed by atoms with Gasteiger partial charge >= 0.3 is 0 Å². The van der Waals surface area contributed by atoms with Crippen molar-refractivity contribution < 1.29 is 23.6 Å². The molecule has 2 rings (SSSR count). The van der Waals surface area contributed by atoms with Crippen molar-refractivity contribution >= 4 is 17.5 Å². The lowest BCUT2D eigenvalue weighted by atomic mass is 10.2. The molecule has 1 aromatic heterocycles. The Morgan fingerprint density at radius 2 is 1.91 bits per heavy atom. The summed E-state index contributed by atoms with van der Waals surface area (Å²) in [5.41, 5.74) is 6.14. The maximum Gasteiger partial charge on any atom is 0.290 e. The van der Waals surface area contributed by atoms with Gasteiger partial charge in [-0.1, -0.05) is 0 Å². The number of nitrogens with one attached hydrogen (secondary N) is 1. The zero-order valence-corrected chi connectivity index (χ0v) is 12.9. The van der Waals surface area contributed by atoms with Gasteiger partial charge in [0.1, 0.15) is 5.56 Å². The fourth-order valence-corrected chi connectivity index (χ4v) is 2.05. The first kappa shape index (κ1) is 16.3. The van der Waals surface area contributed by atoms with Crippen molar-refractivity contribution in [2.75, 3.05) is 19.5 Å². The Morgan fingerprint density at radius 1 is 1.17 bits per heavy atom. The van der Waals surface area contributed by atoms with E-state index >= 15 is 0 Å². The van der Waals surface area contributed by atoms with E-state index in [4.69, 9.17) is 15.2 Å². The lowest BCUT2D eigenvalue weighted by molar-refractivity contribution is -0.684. The third-order valence-electron chi connectivity index (χ3n) is 3.14. The second-order valence-corrected chi connectivity index (χ2v) is 4.75. The summed E-state index contributed by atoms with van der Waals surface area (Å²) in [5, 5.41) is 2.75. The molecule has 0 bridgehead atoms. The number of hydrogen-bond donors (Lipinski definition) is 2. The number of carbonyl (C=O) groups is 2. The fraction of sp³-hybridized carbons (Fsp3) is 0.188. The second kappa shape index (κ2) is 7.26. The van der Waals surface area contributed by atoms with E-state index in [1.807, 2.05) is 0 Å². The number of ether oxygens (including phenoxy) is 2. The molecule has 0 unspecified atom stereocenters. The largest absolute Gasteiger partial charge is 0.493 e. The molecule has 0 aliphatic rings. The van der Waals surface area contributed by atoms with E-state index in [9.17, 15) is 9.59 Å². The molecule has 0 radical (unpaired) electrons. The van der Waals surface area contributed by atoms with Crippen LogP contribution in [-0.2, 0) is 11.3 Å². The highest BCUT2D eigenvalue weighted by molar-refractivity contribution is 5.92. The van der Waals surface area contributed by atoms with E-state index < -0.39 is 5.91 Å². The van der Waals surface area contributed by atoms with Gasteiger partial charge in [-0.2, -0.15) is 4.57 Å². The van der Waals surface area contributed by atoms with Crippen LogP contribution in [0.2, 0.25) is 0 Å². The molecule has 23 heavy (non-hydrogen) atoms. The van der Waals surface area contributed by atoms with Crippen LogP contribution >= 0.6 is 0 Å². The van der Waals surface area contributed by atoms with Crippen molar-refractivity contribution in [1.82, 2.24) is 0 Å². The topological polar surface area (TPSA) is 94.5 Å². The molecule has 2 aromatic rings. The Balaban J connectivity index is 2.08. The molecule has 120 valence electrons. The smallest absolute Gasteiger partial charge is 0.290 e. The highest BCUT2D eigenvalue weighted by Gasteiger charge is 2.13. The minimum atomic E-state index is -0.542. The Kier molecular flexibility index (Phi) is 5.14. The number of nitrogens with two attached hydrogens (primary N) is 1. The molecule has 2 amide bonds. The van der Waals surface area contributed by atoms with Crippen LogP contribution in [0.4, 0.5) is 5.69 Å². The van der Waals surface area contributed by atoms with Crippen LogP contribution in [0.25, 0.3) is 0 Å². The van der Waals surface area contributed by atoms with Gasteiger partial charge in [0.25, 0.3) is 11.8 Å². The van der Waals surface area contributed by atoms with Gasteiger partial charge in [0.2, 0.25) is 6.54 Å². The minimum Gasteiger partial charge on any atom is -0.493 e. The van der Waals surface area contributed by atoms with Gasteiger partial charge in [-0.25, -0.2) is 0 Å². The average Bonchev–Trinajstić information content (AvgIpc) is 2.54. The average molecular weight is 316 g/mol. The summed E-state index contributed by atoms with van der Waals surface area (Å²) in [6.07, 6.45) is 3.21. The van der Waals surface area contributed by atoms with Crippen molar-refractivity contribution in [2.24, 2.45) is 5.73 Å². The predicted molar refractivity (Wildman–Crippen MR) is 83.3 cm³/mol. The molecule has 0 fully saturated rings. The zero-order chi connectivity index (χ0) is 16.8. The van der Waals surface area contributed by atoms with Gasteiger partial charge in [-0.3, -0.25) is 9.59 Å². The normalized spacial score (nSPS) is 10.0. The number of hydrogen-bond acceptors (Lipinski definition) is 4. The third kappa shape index (κ3) is 4.19. The predicted octanol–water partition coefficient (Wildman–Crippen LogP) is 0.729. The number of carbonyl (C=O) groups excluding carboxylic acids is 2. The van der Waals surface area contributed by atoms with Crippen LogP contribution in [0.3, 0.4) is 0 Å². The standard InChI is InChI=1S/C16H17N3O4/c1-22-13-6-5-12(8-14(13)23-2)18-15(20)10-19-7-3-4-11(9-19)16(17)21/h3-9H,10H2,1-2H3,(H2-,17,18,20,21)/p+1. The number of primary amides is 1. The summed E-state index contributed by atoms with van der Waals surface area (Å²) < 4.78 is 11.9. The molecule has 3 N–H and O–H groups in total. The van der Waals surface area contributed by atoms with Crippen LogP contribution < -0.4 is 25.1 Å². The van der Waals surface area contributed by atoms with Crippen LogP contribution in [-0.4, -0.2) is 26.0 Å². The number of aromatic nitrogens is 1. The van der Waals surface area contributed by atoms with Crippen LogP contribution in [0.1, 0.15) is 10.4 Å². The summed E-state index contributed by atoms with van der Waals surface area (Å²) in [7, 11) is 3.06. The lowest BCUT2D eigenvalue weighted by Crippen LogP contribution is -2.40. The molecule has 1 heterocycles. The van der Waals surface area contributed by atoms with Gasteiger partial charge in [0, 0.05) is 17.8 Å². The summed E-state index contributed by atoms with van der Waals surface area (Å²) in [4.78, 5) is 23.2. The van der Waals surface area contributed by atoms with Crippen molar-refractivity contribution in [3.05, 3.63) is 48.3 Å². The molecule has 0 saturated heterocycles. The first-order valence-corrected chi connectivity index (χ1v) is 6.84. The number of benzene rings is 1. The molecular weight excluding hydrogens is 298 g/mol.